The first-order valence-electron chi connectivity index (χ1n) is 11.2. The number of carbonyl (C=O) groups is 2. The van der Waals surface area contributed by atoms with Crippen LogP contribution in [0.1, 0.15) is 65.7 Å². The van der Waals surface area contributed by atoms with E-state index in [1.165, 1.54) is 25.7 Å². The summed E-state index contributed by atoms with van der Waals surface area (Å²) in [5, 5.41) is 12.2. The molecular weight excluding hydrogens is 356 g/mol. The number of hydrogen-bond acceptors (Lipinski definition) is 4. The molecule has 2 N–H and O–H groups in total. The average Bonchev–Trinajstić information content (AvgIpc) is 3.38. The highest BCUT2D eigenvalue weighted by molar-refractivity contribution is 5.77. The number of carboxylic acids is 1. The Kier molecular flexibility index (Phi) is 7.37. The molecule has 3 fully saturated rings. The van der Waals surface area contributed by atoms with Gasteiger partial charge in [0.25, 0.3) is 0 Å². The van der Waals surface area contributed by atoms with Crippen molar-refractivity contribution in [1.82, 2.24) is 10.2 Å². The van der Waals surface area contributed by atoms with E-state index >= 15 is 0 Å². The molecule has 160 valence electrons. The first-order chi connectivity index (χ1) is 13.3. The number of aliphatic carboxylic acids is 1. The molecule has 0 radical (unpaired) electrons. The molecule has 6 nitrogen and oxygen atoms in total. The van der Waals surface area contributed by atoms with Crippen molar-refractivity contribution in [2.75, 3.05) is 19.7 Å². The number of hydrogen-bond donors (Lipinski definition) is 2. The minimum Gasteiger partial charge on any atom is -0.480 e. The fourth-order valence-electron chi connectivity index (χ4n) is 4.91. The highest BCUT2D eigenvalue weighted by Crippen LogP contribution is 2.36. The van der Waals surface area contributed by atoms with E-state index in [0.29, 0.717) is 23.7 Å². The molecule has 3 rings (SSSR count). The Morgan fingerprint density at radius 2 is 1.86 bits per heavy atom. The molecule has 0 aliphatic heterocycles. The molecule has 0 spiro atoms. The Bertz CT molecular complexity index is 543. The lowest BCUT2D eigenvalue weighted by atomic mass is 9.75. The summed E-state index contributed by atoms with van der Waals surface area (Å²) >= 11 is 0. The van der Waals surface area contributed by atoms with Crippen LogP contribution in [-0.2, 0) is 14.3 Å². The van der Waals surface area contributed by atoms with E-state index in [-0.39, 0.29) is 37.2 Å². The fourth-order valence-corrected chi connectivity index (χ4v) is 4.91. The van der Waals surface area contributed by atoms with Gasteiger partial charge in [-0.2, -0.15) is 0 Å². The molecule has 3 aliphatic rings. The molecule has 3 saturated carbocycles. The highest BCUT2D eigenvalue weighted by Gasteiger charge is 2.38. The standard InChI is InChI=1S/C22H38N2O4/c1-14(2)19-7-4-15(3)8-20(19)28-13-21(25)23-17-9-18(10-17)24(12-22(26)27)11-16-5-6-16/h14-20H,4-13H2,1-3H3,(H,23,25)(H,26,27). The third kappa shape index (κ3) is 6.18. The molecule has 3 aliphatic carbocycles. The second kappa shape index (κ2) is 9.57. The van der Waals surface area contributed by atoms with Gasteiger partial charge in [0.05, 0.1) is 12.6 Å². The van der Waals surface area contributed by atoms with Gasteiger partial charge in [0, 0.05) is 18.6 Å². The van der Waals surface area contributed by atoms with E-state index in [1.54, 1.807) is 0 Å². The summed E-state index contributed by atoms with van der Waals surface area (Å²) in [4.78, 5) is 25.6. The summed E-state index contributed by atoms with van der Waals surface area (Å²) in [7, 11) is 0. The van der Waals surface area contributed by atoms with Crippen LogP contribution in [0.2, 0.25) is 0 Å². The van der Waals surface area contributed by atoms with Crippen molar-refractivity contribution in [3.8, 4) is 0 Å². The zero-order valence-corrected chi connectivity index (χ0v) is 17.7. The van der Waals surface area contributed by atoms with Crippen LogP contribution < -0.4 is 5.32 Å². The fraction of sp³-hybridized carbons (Fsp3) is 0.909. The number of carbonyl (C=O) groups excluding carboxylic acids is 1. The van der Waals surface area contributed by atoms with Gasteiger partial charge in [-0.25, -0.2) is 0 Å². The largest absolute Gasteiger partial charge is 0.480 e. The van der Waals surface area contributed by atoms with Gasteiger partial charge < -0.3 is 15.2 Å². The number of ether oxygens (including phenoxy) is 1. The molecule has 0 heterocycles. The van der Waals surface area contributed by atoms with Crippen LogP contribution >= 0.6 is 0 Å². The maximum atomic E-state index is 12.3. The monoisotopic (exact) mass is 394 g/mol. The summed E-state index contributed by atoms with van der Waals surface area (Å²) in [6.07, 6.45) is 7.82. The molecule has 0 aromatic rings. The smallest absolute Gasteiger partial charge is 0.317 e. The number of amides is 1. The highest BCUT2D eigenvalue weighted by atomic mass is 16.5. The van der Waals surface area contributed by atoms with E-state index in [0.717, 1.165) is 25.8 Å². The van der Waals surface area contributed by atoms with Gasteiger partial charge in [0.1, 0.15) is 6.61 Å². The summed E-state index contributed by atoms with van der Waals surface area (Å²) in [5.74, 6) is 1.68. The third-order valence-electron chi connectivity index (χ3n) is 6.91. The number of rotatable bonds is 10. The minimum atomic E-state index is -0.761. The molecule has 0 bridgehead atoms. The van der Waals surface area contributed by atoms with Crippen molar-refractivity contribution in [3.63, 3.8) is 0 Å². The Balaban J connectivity index is 1.38. The molecule has 1 amide bonds. The SMILES string of the molecule is CC1CCC(C(C)C)C(OCC(=O)NC2CC(N(CC(=O)O)CC3CC3)C2)C1. The van der Waals surface area contributed by atoms with Gasteiger partial charge in [0.15, 0.2) is 0 Å². The van der Waals surface area contributed by atoms with Gasteiger partial charge >= 0.3 is 5.97 Å². The first-order valence-corrected chi connectivity index (χ1v) is 11.2. The van der Waals surface area contributed by atoms with Crippen LogP contribution in [0.3, 0.4) is 0 Å². The van der Waals surface area contributed by atoms with E-state index in [9.17, 15) is 9.59 Å². The summed E-state index contributed by atoms with van der Waals surface area (Å²) in [6.45, 7) is 7.90. The molecule has 28 heavy (non-hydrogen) atoms. The maximum Gasteiger partial charge on any atom is 0.317 e. The van der Waals surface area contributed by atoms with E-state index in [4.69, 9.17) is 9.84 Å². The predicted molar refractivity (Wildman–Crippen MR) is 108 cm³/mol. The summed E-state index contributed by atoms with van der Waals surface area (Å²) in [6, 6.07) is 0.440. The average molecular weight is 395 g/mol. The van der Waals surface area contributed by atoms with Crippen molar-refractivity contribution in [3.05, 3.63) is 0 Å². The van der Waals surface area contributed by atoms with Crippen molar-refractivity contribution in [2.24, 2.45) is 23.7 Å². The first kappa shape index (κ1) is 21.6. The number of carboxylic acid groups (broad SMARTS) is 1. The van der Waals surface area contributed by atoms with Crippen LogP contribution in [0, 0.1) is 23.7 Å². The predicted octanol–water partition coefficient (Wildman–Crippen LogP) is 2.91. The Morgan fingerprint density at radius 3 is 2.46 bits per heavy atom. The molecule has 6 heteroatoms. The van der Waals surface area contributed by atoms with Crippen LogP contribution in [0.15, 0.2) is 0 Å². The van der Waals surface area contributed by atoms with Gasteiger partial charge in [-0.1, -0.05) is 27.2 Å². The Hall–Kier alpha value is -1.14. The lowest BCUT2D eigenvalue weighted by molar-refractivity contribution is -0.140. The number of nitrogens with one attached hydrogen (secondary N) is 1. The second-order valence-corrected chi connectivity index (χ2v) is 9.83. The Morgan fingerprint density at radius 1 is 1.14 bits per heavy atom. The molecule has 0 saturated heterocycles. The Labute approximate surface area is 169 Å². The quantitative estimate of drug-likeness (QED) is 0.596. The molecule has 0 aromatic carbocycles. The van der Waals surface area contributed by atoms with Crippen molar-refractivity contribution >= 4 is 11.9 Å². The summed E-state index contributed by atoms with van der Waals surface area (Å²) < 4.78 is 6.05. The zero-order chi connectivity index (χ0) is 20.3. The molecular formula is C22H38N2O4. The lowest BCUT2D eigenvalue weighted by Gasteiger charge is -2.43. The normalized spacial score (nSPS) is 33.0. The van der Waals surface area contributed by atoms with Crippen LogP contribution in [-0.4, -0.2) is 59.8 Å². The molecule has 3 atom stereocenters. The minimum absolute atomic E-state index is 0.0313. The van der Waals surface area contributed by atoms with Crippen LogP contribution in [0.4, 0.5) is 0 Å². The third-order valence-corrected chi connectivity index (χ3v) is 6.91. The topological polar surface area (TPSA) is 78.9 Å². The van der Waals surface area contributed by atoms with Gasteiger partial charge in [0.2, 0.25) is 5.91 Å². The summed E-state index contributed by atoms with van der Waals surface area (Å²) in [5.41, 5.74) is 0. The van der Waals surface area contributed by atoms with E-state index in [1.807, 2.05) is 0 Å². The van der Waals surface area contributed by atoms with Gasteiger partial charge in [-0.15, -0.1) is 0 Å². The molecule has 0 aromatic heterocycles. The van der Waals surface area contributed by atoms with Crippen LogP contribution in [0.25, 0.3) is 0 Å². The maximum absolute atomic E-state index is 12.3. The van der Waals surface area contributed by atoms with Gasteiger partial charge in [-0.3, -0.25) is 14.5 Å². The van der Waals surface area contributed by atoms with Gasteiger partial charge in [-0.05, 0) is 62.2 Å². The second-order valence-electron chi connectivity index (χ2n) is 9.83. The van der Waals surface area contributed by atoms with Crippen LogP contribution in [0.5, 0.6) is 0 Å². The molecule has 3 unspecified atom stereocenters. The number of nitrogens with zero attached hydrogens (tertiary/aromatic N) is 1. The van der Waals surface area contributed by atoms with E-state index in [2.05, 4.69) is 31.0 Å². The van der Waals surface area contributed by atoms with E-state index < -0.39 is 5.97 Å². The van der Waals surface area contributed by atoms with Crippen molar-refractivity contribution in [2.45, 2.75) is 83.9 Å². The lowest BCUT2D eigenvalue weighted by Crippen LogP contribution is -2.55. The zero-order valence-electron chi connectivity index (χ0n) is 17.7. The van der Waals surface area contributed by atoms with Crippen molar-refractivity contribution in [1.29, 1.82) is 0 Å². The van der Waals surface area contributed by atoms with Crippen molar-refractivity contribution < 1.29 is 19.4 Å².